The number of aliphatic hydroxyl groups is 3. The molecule has 0 spiro atoms. The van der Waals surface area contributed by atoms with Crippen molar-refractivity contribution in [3.63, 3.8) is 0 Å². The van der Waals surface area contributed by atoms with Crippen molar-refractivity contribution in [1.82, 2.24) is 0 Å². The maximum Gasteiger partial charge on any atom is 0.312 e. The van der Waals surface area contributed by atoms with E-state index in [1.807, 2.05) is 0 Å². The van der Waals surface area contributed by atoms with Gasteiger partial charge in [-0.3, -0.25) is 4.79 Å². The molecule has 2 heterocycles. The summed E-state index contributed by atoms with van der Waals surface area (Å²) in [5.74, 6) is 2.07. The van der Waals surface area contributed by atoms with Crippen LogP contribution in [0.1, 0.15) is 120 Å². The Kier molecular flexibility index (Phi) is 6.77. The number of carbonyl (C=O) groups excluding carboxylic acids is 1. The molecule has 0 aromatic carbocycles. The molecule has 244 valence electrons. The third-order valence-electron chi connectivity index (χ3n) is 16.1. The molecule has 7 fully saturated rings. The number of hydrogen-bond acceptors (Lipinski definition) is 7. The van der Waals surface area contributed by atoms with Gasteiger partial charge in [-0.05, 0) is 111 Å². The molecule has 0 unspecified atom stereocenters. The molecule has 2 aliphatic heterocycles. The first-order valence-corrected chi connectivity index (χ1v) is 17.5. The van der Waals surface area contributed by atoms with E-state index in [4.69, 9.17) is 14.2 Å². The first kappa shape index (κ1) is 30.9. The minimum Gasteiger partial charge on any atom is -0.461 e. The van der Waals surface area contributed by atoms with Crippen molar-refractivity contribution >= 4 is 5.97 Å². The Hall–Kier alpha value is -0.730. The SMILES string of the molecule is C[C@@H]1O[C@H](O[C@H]2CC[C@]3(C)[C@H]4CC[C@@H]5[C@H]6[C@@H]7OC(=O)[C@@]6(CCC7(C)C)CC[C@@]5(C)[C@]4(C)CC[C@H]3C2(C)C)[C@@H](O)[C@@H](O)[C@@H]1O. The Balaban J connectivity index is 1.16. The molecule has 7 heteroatoms. The fourth-order valence-electron chi connectivity index (χ4n) is 13.3. The van der Waals surface area contributed by atoms with Gasteiger partial charge < -0.3 is 29.5 Å². The maximum absolute atomic E-state index is 13.5. The predicted octanol–water partition coefficient (Wildman–Crippen LogP) is 5.62. The van der Waals surface area contributed by atoms with Crippen molar-refractivity contribution < 1.29 is 34.3 Å². The highest BCUT2D eigenvalue weighted by Crippen LogP contribution is 2.78. The summed E-state index contributed by atoms with van der Waals surface area (Å²) < 4.78 is 18.7. The van der Waals surface area contributed by atoms with E-state index in [0.717, 1.165) is 44.9 Å². The number of rotatable bonds is 2. The van der Waals surface area contributed by atoms with E-state index in [-0.39, 0.29) is 50.7 Å². The zero-order valence-corrected chi connectivity index (χ0v) is 27.9. The summed E-state index contributed by atoms with van der Waals surface area (Å²) in [6.45, 7) is 18.9. The molecule has 3 N–H and O–H groups in total. The predicted molar refractivity (Wildman–Crippen MR) is 162 cm³/mol. The normalized spacial score (nSPS) is 58.4. The second-order valence-electron chi connectivity index (χ2n) is 18.3. The molecule has 2 bridgehead atoms. The van der Waals surface area contributed by atoms with Crippen molar-refractivity contribution in [3.05, 3.63) is 0 Å². The van der Waals surface area contributed by atoms with Crippen LogP contribution in [0, 0.1) is 56.2 Å². The largest absolute Gasteiger partial charge is 0.461 e. The summed E-state index contributed by atoms with van der Waals surface area (Å²) in [4.78, 5) is 13.5. The Bertz CT molecular complexity index is 1150. The van der Waals surface area contributed by atoms with Crippen molar-refractivity contribution in [2.24, 2.45) is 56.2 Å². The van der Waals surface area contributed by atoms with Crippen LogP contribution in [-0.4, -0.2) is 64.2 Å². The van der Waals surface area contributed by atoms with Gasteiger partial charge in [-0.15, -0.1) is 0 Å². The summed E-state index contributed by atoms with van der Waals surface area (Å²) >= 11 is 0. The minimum atomic E-state index is -1.28. The molecule has 0 amide bonds. The first-order valence-electron chi connectivity index (χ1n) is 17.5. The second kappa shape index (κ2) is 9.42. The molecule has 5 saturated carbocycles. The molecule has 2 saturated heterocycles. The van der Waals surface area contributed by atoms with Gasteiger partial charge in [0.2, 0.25) is 0 Å². The number of carbonyl (C=O) groups is 1. The van der Waals surface area contributed by atoms with E-state index in [0.29, 0.717) is 23.7 Å². The van der Waals surface area contributed by atoms with E-state index >= 15 is 0 Å². The number of hydrogen-bond donors (Lipinski definition) is 3. The van der Waals surface area contributed by atoms with Gasteiger partial charge in [-0.1, -0.05) is 48.5 Å². The van der Waals surface area contributed by atoms with Crippen molar-refractivity contribution in [3.8, 4) is 0 Å². The lowest BCUT2D eigenvalue weighted by atomic mass is 9.31. The average Bonchev–Trinajstić information content (AvgIpc) is 3.19. The van der Waals surface area contributed by atoms with Crippen LogP contribution in [0.25, 0.3) is 0 Å². The Labute approximate surface area is 258 Å². The zero-order valence-electron chi connectivity index (χ0n) is 27.9. The summed E-state index contributed by atoms with van der Waals surface area (Å²) in [7, 11) is 0. The lowest BCUT2D eigenvalue weighted by Crippen LogP contribution is -2.68. The van der Waals surface area contributed by atoms with E-state index in [1.54, 1.807) is 6.92 Å². The molecule has 5 aliphatic carbocycles. The molecule has 0 aromatic heterocycles. The lowest BCUT2D eigenvalue weighted by Gasteiger charge is -2.73. The van der Waals surface area contributed by atoms with Gasteiger partial charge in [0.15, 0.2) is 6.29 Å². The fraction of sp³-hybridized carbons (Fsp3) is 0.972. The lowest BCUT2D eigenvalue weighted by molar-refractivity contribution is -0.326. The molecule has 7 rings (SSSR count). The summed E-state index contributed by atoms with van der Waals surface area (Å²) in [6, 6.07) is 0. The second-order valence-corrected chi connectivity index (χ2v) is 18.3. The summed E-state index contributed by atoms with van der Waals surface area (Å²) in [5, 5.41) is 31.3. The van der Waals surface area contributed by atoms with Crippen LogP contribution in [0.4, 0.5) is 0 Å². The Morgan fingerprint density at radius 2 is 1.44 bits per heavy atom. The number of esters is 1. The number of ether oxygens (including phenoxy) is 3. The molecule has 7 aliphatic rings. The fourth-order valence-corrected chi connectivity index (χ4v) is 13.3. The van der Waals surface area contributed by atoms with Gasteiger partial charge in [0.1, 0.15) is 24.4 Å². The molecule has 43 heavy (non-hydrogen) atoms. The quantitative estimate of drug-likeness (QED) is 0.279. The zero-order chi connectivity index (χ0) is 31.1. The maximum atomic E-state index is 13.5. The van der Waals surface area contributed by atoms with E-state index in [1.165, 1.54) is 19.3 Å². The molecule has 15 atom stereocenters. The monoisotopic (exact) mass is 602 g/mol. The van der Waals surface area contributed by atoms with Crippen LogP contribution in [0.15, 0.2) is 0 Å². The van der Waals surface area contributed by atoms with E-state index in [9.17, 15) is 20.1 Å². The standard InChI is InChI=1S/C36H58O7/c1-19-25(37)26(38)27(39)29(41-19)42-23-12-13-33(6)21(32(23,4)5)11-14-35(8)22(33)10-9-20-24-28-31(2,3)15-17-36(24,30(40)43-28)18-16-34(20,35)7/h19-29,37-39H,9-18H2,1-8H3/t19-,20+,21-,22+,23-,24-,25+,26-,27-,28-,29+,33-,34+,35+,36-/m0/s1. The van der Waals surface area contributed by atoms with Gasteiger partial charge >= 0.3 is 5.97 Å². The van der Waals surface area contributed by atoms with Crippen LogP contribution in [0.2, 0.25) is 0 Å². The first-order chi connectivity index (χ1) is 19.9. The Morgan fingerprint density at radius 1 is 0.744 bits per heavy atom. The van der Waals surface area contributed by atoms with Crippen LogP contribution < -0.4 is 0 Å². The highest BCUT2D eigenvalue weighted by atomic mass is 16.7. The molecular formula is C36H58O7. The van der Waals surface area contributed by atoms with Gasteiger partial charge in [-0.25, -0.2) is 0 Å². The Morgan fingerprint density at radius 3 is 2.16 bits per heavy atom. The van der Waals surface area contributed by atoms with Crippen LogP contribution >= 0.6 is 0 Å². The van der Waals surface area contributed by atoms with Crippen LogP contribution in [0.3, 0.4) is 0 Å². The highest BCUT2D eigenvalue weighted by Gasteiger charge is 2.75. The molecule has 0 aromatic rings. The van der Waals surface area contributed by atoms with Gasteiger partial charge in [0, 0.05) is 11.3 Å². The third kappa shape index (κ3) is 3.81. The van der Waals surface area contributed by atoms with Crippen LogP contribution in [0.5, 0.6) is 0 Å². The van der Waals surface area contributed by atoms with Gasteiger partial charge in [-0.2, -0.15) is 0 Å². The molecule has 7 nitrogen and oxygen atoms in total. The van der Waals surface area contributed by atoms with E-state index in [2.05, 4.69) is 48.5 Å². The third-order valence-corrected chi connectivity index (χ3v) is 16.1. The van der Waals surface area contributed by atoms with Gasteiger partial charge in [0.05, 0.1) is 17.6 Å². The van der Waals surface area contributed by atoms with Crippen molar-refractivity contribution in [2.75, 3.05) is 0 Å². The number of fused-ring (bicyclic) bond motifs is 5. The summed E-state index contributed by atoms with van der Waals surface area (Å²) in [5.41, 5.74) is 0.217. The van der Waals surface area contributed by atoms with Crippen LogP contribution in [-0.2, 0) is 19.0 Å². The highest BCUT2D eigenvalue weighted by molar-refractivity contribution is 5.81. The average molecular weight is 603 g/mol. The molecule has 0 radical (unpaired) electrons. The topological polar surface area (TPSA) is 105 Å². The number of aliphatic hydroxyl groups excluding tert-OH is 3. The van der Waals surface area contributed by atoms with Crippen molar-refractivity contribution in [1.29, 1.82) is 0 Å². The van der Waals surface area contributed by atoms with Crippen molar-refractivity contribution in [2.45, 2.75) is 163 Å². The minimum absolute atomic E-state index is 0.0456. The van der Waals surface area contributed by atoms with E-state index < -0.39 is 30.7 Å². The van der Waals surface area contributed by atoms with Gasteiger partial charge in [0.25, 0.3) is 0 Å². The molecular weight excluding hydrogens is 544 g/mol. The summed E-state index contributed by atoms with van der Waals surface area (Å²) in [6.07, 6.45) is 5.61. The smallest absolute Gasteiger partial charge is 0.312 e.